The Morgan fingerprint density at radius 2 is 1.64 bits per heavy atom. The maximum absolute atomic E-state index is 14.2. The van der Waals surface area contributed by atoms with Crippen molar-refractivity contribution in [3.63, 3.8) is 0 Å². The highest BCUT2D eigenvalue weighted by atomic mass is 79.9. The van der Waals surface area contributed by atoms with Gasteiger partial charge in [-0.25, -0.2) is 0 Å². The number of fused-ring (bicyclic) bond motifs is 1. The van der Waals surface area contributed by atoms with Gasteiger partial charge in [0.25, 0.3) is 0 Å². The summed E-state index contributed by atoms with van der Waals surface area (Å²) in [6.07, 6.45) is 13.4. The number of anilines is 1. The van der Waals surface area contributed by atoms with Gasteiger partial charge in [0.05, 0.1) is 17.9 Å². The summed E-state index contributed by atoms with van der Waals surface area (Å²) in [4.78, 5) is 45.9. The number of hydrogen-bond acceptors (Lipinski definition) is 5. The molecule has 210 valence electrons. The number of hydrogen-bond donors (Lipinski definition) is 2. The van der Waals surface area contributed by atoms with Gasteiger partial charge >= 0.3 is 0 Å². The van der Waals surface area contributed by atoms with Gasteiger partial charge in [0, 0.05) is 29.3 Å². The largest absolute Gasteiger partial charge is 0.359 e. The van der Waals surface area contributed by atoms with Gasteiger partial charge in [0.2, 0.25) is 17.7 Å². The minimum Gasteiger partial charge on any atom is -0.359 e. The molecule has 1 spiro atoms. The standard InChI is InChI=1S/C30H39BrN4O4/c31-20-10-12-22(13-11-20)32-27(36)24-23-14-15-30(39-23)25(24)29(38)35(19-18-34-16-6-1-2-7-17-34)26(30)28(37)33-21-8-4-3-5-9-21/h10-15,21,23-26H,1-9,16-19H2,(H,32,36)(H,33,37). The molecule has 39 heavy (non-hydrogen) atoms. The zero-order chi connectivity index (χ0) is 27.0. The molecule has 4 heterocycles. The molecule has 4 fully saturated rings. The Morgan fingerprint density at radius 1 is 0.949 bits per heavy atom. The normalized spacial score (nSPS) is 32.7. The topological polar surface area (TPSA) is 91.0 Å². The highest BCUT2D eigenvalue weighted by molar-refractivity contribution is 9.10. The van der Waals surface area contributed by atoms with Crippen LogP contribution in [0.4, 0.5) is 5.69 Å². The molecular weight excluding hydrogens is 560 g/mol. The van der Waals surface area contributed by atoms with E-state index in [4.69, 9.17) is 4.74 Å². The van der Waals surface area contributed by atoms with Gasteiger partial charge in [-0.05, 0) is 63.0 Å². The first-order chi connectivity index (χ1) is 19.0. The Morgan fingerprint density at radius 3 is 2.36 bits per heavy atom. The minimum atomic E-state index is -1.11. The van der Waals surface area contributed by atoms with Gasteiger partial charge in [0.1, 0.15) is 11.6 Å². The predicted octanol–water partition coefficient (Wildman–Crippen LogP) is 3.86. The Labute approximate surface area is 239 Å². The molecule has 5 atom stereocenters. The summed E-state index contributed by atoms with van der Waals surface area (Å²) in [5, 5.41) is 6.26. The van der Waals surface area contributed by atoms with E-state index in [1.54, 1.807) is 4.90 Å². The van der Waals surface area contributed by atoms with E-state index in [0.29, 0.717) is 12.2 Å². The van der Waals surface area contributed by atoms with E-state index in [0.717, 1.165) is 62.6 Å². The van der Waals surface area contributed by atoms with Crippen LogP contribution in [0.2, 0.25) is 0 Å². The molecule has 0 aromatic heterocycles. The molecule has 6 rings (SSSR count). The number of carbonyl (C=O) groups is 3. The predicted molar refractivity (Wildman–Crippen MR) is 152 cm³/mol. The second-order valence-corrected chi connectivity index (χ2v) is 12.7. The summed E-state index contributed by atoms with van der Waals surface area (Å²) in [6.45, 7) is 3.23. The Bertz CT molecular complexity index is 1110. The molecule has 8 nitrogen and oxygen atoms in total. The van der Waals surface area contributed by atoms with Crippen LogP contribution in [0.3, 0.4) is 0 Å². The number of likely N-dealkylation sites (tertiary alicyclic amines) is 2. The van der Waals surface area contributed by atoms with Crippen molar-refractivity contribution in [2.45, 2.75) is 81.6 Å². The van der Waals surface area contributed by atoms with Crippen LogP contribution in [0.1, 0.15) is 57.8 Å². The molecule has 3 saturated heterocycles. The van der Waals surface area contributed by atoms with Gasteiger partial charge < -0.3 is 25.2 Å². The van der Waals surface area contributed by atoms with Crippen LogP contribution in [0.25, 0.3) is 0 Å². The highest BCUT2D eigenvalue weighted by Gasteiger charge is 2.72. The van der Waals surface area contributed by atoms with Crippen molar-refractivity contribution in [3.05, 3.63) is 40.9 Å². The summed E-state index contributed by atoms with van der Waals surface area (Å²) in [5.41, 5.74) is -0.444. The third-order valence-corrected chi connectivity index (χ3v) is 9.87. The van der Waals surface area contributed by atoms with E-state index in [2.05, 4.69) is 31.5 Å². The van der Waals surface area contributed by atoms with Crippen molar-refractivity contribution in [1.29, 1.82) is 0 Å². The Kier molecular flexibility index (Phi) is 7.84. The Balaban J connectivity index is 1.26. The zero-order valence-electron chi connectivity index (χ0n) is 22.4. The average molecular weight is 600 g/mol. The fraction of sp³-hybridized carbons (Fsp3) is 0.633. The number of halogens is 1. The molecule has 3 amide bonds. The van der Waals surface area contributed by atoms with Crippen LogP contribution >= 0.6 is 15.9 Å². The van der Waals surface area contributed by atoms with E-state index in [1.807, 2.05) is 36.4 Å². The average Bonchev–Trinajstić information content (AvgIpc) is 3.48. The summed E-state index contributed by atoms with van der Waals surface area (Å²) in [6, 6.07) is 6.74. The van der Waals surface area contributed by atoms with Crippen molar-refractivity contribution in [2.24, 2.45) is 11.8 Å². The number of ether oxygens (including phenoxy) is 1. The summed E-state index contributed by atoms with van der Waals surface area (Å²) >= 11 is 3.42. The van der Waals surface area contributed by atoms with Crippen molar-refractivity contribution in [1.82, 2.24) is 15.1 Å². The van der Waals surface area contributed by atoms with E-state index in [-0.39, 0.29) is 23.8 Å². The van der Waals surface area contributed by atoms with Gasteiger partial charge in [-0.1, -0.05) is 60.2 Å². The molecule has 9 heteroatoms. The molecule has 1 aromatic rings. The molecule has 4 aliphatic heterocycles. The molecule has 5 unspecified atom stereocenters. The van der Waals surface area contributed by atoms with Crippen LogP contribution in [0, 0.1) is 11.8 Å². The molecular formula is C30H39BrN4O4. The number of nitrogens with one attached hydrogen (secondary N) is 2. The first-order valence-electron chi connectivity index (χ1n) is 14.7. The van der Waals surface area contributed by atoms with Crippen LogP contribution in [-0.2, 0) is 19.1 Å². The molecule has 1 saturated carbocycles. The molecule has 2 bridgehead atoms. The molecule has 0 radical (unpaired) electrons. The van der Waals surface area contributed by atoms with Gasteiger partial charge in [0.15, 0.2) is 0 Å². The number of rotatable bonds is 7. The first-order valence-corrected chi connectivity index (χ1v) is 15.5. The molecule has 1 aromatic carbocycles. The lowest BCUT2D eigenvalue weighted by Gasteiger charge is -2.35. The van der Waals surface area contributed by atoms with Crippen LogP contribution in [-0.4, -0.2) is 77.5 Å². The van der Waals surface area contributed by atoms with Crippen molar-refractivity contribution < 1.29 is 19.1 Å². The molecule has 2 N–H and O–H groups in total. The minimum absolute atomic E-state index is 0.128. The number of carbonyl (C=O) groups excluding carboxylic acids is 3. The first kappa shape index (κ1) is 27.0. The van der Waals surface area contributed by atoms with Crippen LogP contribution < -0.4 is 10.6 Å². The summed E-state index contributed by atoms with van der Waals surface area (Å²) in [7, 11) is 0. The van der Waals surface area contributed by atoms with E-state index >= 15 is 0 Å². The number of amides is 3. The second kappa shape index (κ2) is 11.3. The van der Waals surface area contributed by atoms with E-state index in [1.165, 1.54) is 19.3 Å². The third kappa shape index (κ3) is 5.18. The highest BCUT2D eigenvalue weighted by Crippen LogP contribution is 2.55. The van der Waals surface area contributed by atoms with Gasteiger partial charge in [-0.3, -0.25) is 14.4 Å². The SMILES string of the molecule is O=C(Nc1ccc(Br)cc1)C1C2C=CC3(O2)C1C(=O)N(CCN1CCCCCC1)C3C(=O)NC1CCCCC1. The van der Waals surface area contributed by atoms with Crippen LogP contribution in [0.5, 0.6) is 0 Å². The molecule has 5 aliphatic rings. The summed E-state index contributed by atoms with van der Waals surface area (Å²) in [5.74, 6) is -1.93. The maximum atomic E-state index is 14.2. The maximum Gasteiger partial charge on any atom is 0.246 e. The lowest BCUT2D eigenvalue weighted by molar-refractivity contribution is -0.141. The third-order valence-electron chi connectivity index (χ3n) is 9.34. The summed E-state index contributed by atoms with van der Waals surface area (Å²) < 4.78 is 7.41. The van der Waals surface area contributed by atoms with E-state index < -0.39 is 29.6 Å². The fourth-order valence-corrected chi connectivity index (χ4v) is 7.67. The second-order valence-electron chi connectivity index (χ2n) is 11.8. The monoisotopic (exact) mass is 598 g/mol. The van der Waals surface area contributed by atoms with Crippen molar-refractivity contribution in [3.8, 4) is 0 Å². The number of benzene rings is 1. The van der Waals surface area contributed by atoms with Gasteiger partial charge in [-0.15, -0.1) is 0 Å². The van der Waals surface area contributed by atoms with Gasteiger partial charge in [-0.2, -0.15) is 0 Å². The quantitative estimate of drug-likeness (QED) is 0.465. The lowest BCUT2D eigenvalue weighted by Crippen LogP contribution is -2.57. The lowest BCUT2D eigenvalue weighted by atomic mass is 9.74. The fourth-order valence-electron chi connectivity index (χ4n) is 7.40. The molecule has 1 aliphatic carbocycles. The number of nitrogens with zero attached hydrogens (tertiary/aromatic N) is 2. The van der Waals surface area contributed by atoms with E-state index in [9.17, 15) is 14.4 Å². The van der Waals surface area contributed by atoms with Crippen LogP contribution in [0.15, 0.2) is 40.9 Å². The smallest absolute Gasteiger partial charge is 0.246 e. The Hall–Kier alpha value is -2.23. The zero-order valence-corrected chi connectivity index (χ0v) is 24.0. The van der Waals surface area contributed by atoms with Crippen molar-refractivity contribution >= 4 is 39.3 Å². The van der Waals surface area contributed by atoms with Crippen molar-refractivity contribution in [2.75, 3.05) is 31.5 Å².